The molecule has 2 atom stereocenters. The van der Waals surface area contributed by atoms with Gasteiger partial charge in [0.15, 0.2) is 0 Å². The maximum atomic E-state index is 12.1. The third-order valence-corrected chi connectivity index (χ3v) is 3.97. The van der Waals surface area contributed by atoms with Crippen LogP contribution in [0.5, 0.6) is 0 Å². The smallest absolute Gasteiger partial charge is 0.224 e. The largest absolute Gasteiger partial charge is 0.396 e. The van der Waals surface area contributed by atoms with Gasteiger partial charge in [0, 0.05) is 38.2 Å². The van der Waals surface area contributed by atoms with E-state index in [9.17, 15) is 4.79 Å². The molecule has 1 aliphatic carbocycles. The summed E-state index contributed by atoms with van der Waals surface area (Å²) in [6, 6.07) is 0.546. The average molecular weight is 270 g/mol. The van der Waals surface area contributed by atoms with Crippen LogP contribution in [0.2, 0.25) is 0 Å². The van der Waals surface area contributed by atoms with Gasteiger partial charge in [-0.3, -0.25) is 4.79 Å². The molecule has 5 nitrogen and oxygen atoms in total. The third kappa shape index (κ3) is 4.75. The van der Waals surface area contributed by atoms with E-state index in [-0.39, 0.29) is 18.6 Å². The second-order valence-corrected chi connectivity index (χ2v) is 5.72. The molecule has 1 heterocycles. The van der Waals surface area contributed by atoms with Crippen LogP contribution < -0.4 is 5.32 Å². The van der Waals surface area contributed by atoms with E-state index in [0.717, 1.165) is 6.42 Å². The van der Waals surface area contributed by atoms with Gasteiger partial charge in [-0.2, -0.15) is 0 Å². The van der Waals surface area contributed by atoms with Gasteiger partial charge in [-0.25, -0.2) is 0 Å². The minimum Gasteiger partial charge on any atom is -0.396 e. The van der Waals surface area contributed by atoms with Crippen LogP contribution in [0, 0.1) is 5.92 Å². The summed E-state index contributed by atoms with van der Waals surface area (Å²) in [6.45, 7) is 5.03. The molecule has 19 heavy (non-hydrogen) atoms. The third-order valence-electron chi connectivity index (χ3n) is 3.97. The van der Waals surface area contributed by atoms with Gasteiger partial charge in [-0.05, 0) is 32.1 Å². The number of aliphatic hydroxyl groups is 1. The number of hydrogen-bond acceptors (Lipinski definition) is 4. The highest BCUT2D eigenvalue weighted by atomic mass is 16.5. The Labute approximate surface area is 115 Å². The number of hydrogen-bond donors (Lipinski definition) is 2. The molecule has 2 unspecified atom stereocenters. The van der Waals surface area contributed by atoms with Crippen molar-refractivity contribution in [1.82, 2.24) is 10.2 Å². The number of morpholine rings is 1. The lowest BCUT2D eigenvalue weighted by molar-refractivity contribution is -0.135. The lowest BCUT2D eigenvalue weighted by Crippen LogP contribution is -2.45. The highest BCUT2D eigenvalue weighted by Gasteiger charge is 2.31. The first-order valence-electron chi connectivity index (χ1n) is 7.43. The van der Waals surface area contributed by atoms with Gasteiger partial charge in [0.1, 0.15) is 0 Å². The molecule has 0 aromatic rings. The van der Waals surface area contributed by atoms with Gasteiger partial charge in [0.05, 0.1) is 13.2 Å². The maximum Gasteiger partial charge on any atom is 0.224 e. The monoisotopic (exact) mass is 270 g/mol. The molecule has 1 amide bonds. The van der Waals surface area contributed by atoms with Gasteiger partial charge >= 0.3 is 0 Å². The first kappa shape index (κ1) is 14.8. The lowest BCUT2D eigenvalue weighted by Gasteiger charge is -2.29. The summed E-state index contributed by atoms with van der Waals surface area (Å²) in [5.74, 6) is 0.912. The van der Waals surface area contributed by atoms with Crippen LogP contribution in [-0.2, 0) is 9.53 Å². The van der Waals surface area contributed by atoms with Crippen LogP contribution in [0.25, 0.3) is 0 Å². The predicted octanol–water partition coefficient (Wildman–Crippen LogP) is 0.374. The van der Waals surface area contributed by atoms with Gasteiger partial charge in [-0.1, -0.05) is 0 Å². The quantitative estimate of drug-likeness (QED) is 0.702. The number of carbonyl (C=O) groups excluding carboxylic acids is 1. The highest BCUT2D eigenvalue weighted by Crippen LogP contribution is 2.34. The maximum absolute atomic E-state index is 12.1. The summed E-state index contributed by atoms with van der Waals surface area (Å²) < 4.78 is 5.25. The summed E-state index contributed by atoms with van der Waals surface area (Å²) in [7, 11) is 0. The molecule has 2 aliphatic rings. The number of aliphatic hydroxyl groups excluding tert-OH is 1. The van der Waals surface area contributed by atoms with Crippen molar-refractivity contribution >= 4 is 5.91 Å². The Kier molecular flexibility index (Phi) is 5.60. The van der Waals surface area contributed by atoms with Crippen LogP contribution in [-0.4, -0.2) is 60.9 Å². The fourth-order valence-corrected chi connectivity index (χ4v) is 2.72. The molecular formula is C14H26N2O3. The van der Waals surface area contributed by atoms with Gasteiger partial charge in [0.25, 0.3) is 0 Å². The van der Waals surface area contributed by atoms with Gasteiger partial charge in [0.2, 0.25) is 5.91 Å². The molecule has 5 heteroatoms. The zero-order valence-electron chi connectivity index (χ0n) is 11.8. The second-order valence-electron chi connectivity index (χ2n) is 5.72. The van der Waals surface area contributed by atoms with Crippen molar-refractivity contribution in [3.8, 4) is 0 Å². The van der Waals surface area contributed by atoms with E-state index in [1.807, 2.05) is 4.90 Å². The molecule has 2 rings (SSSR count). The van der Waals surface area contributed by atoms with Crippen LogP contribution in [0.3, 0.4) is 0 Å². The van der Waals surface area contributed by atoms with Crippen LogP contribution in [0.15, 0.2) is 0 Å². The first-order chi connectivity index (χ1) is 9.20. The van der Waals surface area contributed by atoms with Crippen molar-refractivity contribution in [1.29, 1.82) is 0 Å². The summed E-state index contributed by atoms with van der Waals surface area (Å²) in [6.07, 6.45) is 3.83. The zero-order chi connectivity index (χ0) is 13.7. The van der Waals surface area contributed by atoms with Crippen molar-refractivity contribution in [2.24, 2.45) is 5.92 Å². The zero-order valence-corrected chi connectivity index (χ0v) is 11.8. The molecule has 2 N–H and O–H groups in total. The lowest BCUT2D eigenvalue weighted by atomic mass is 10.1. The molecule has 1 saturated heterocycles. The molecule has 110 valence electrons. The van der Waals surface area contributed by atoms with E-state index >= 15 is 0 Å². The molecule has 0 spiro atoms. The van der Waals surface area contributed by atoms with Crippen molar-refractivity contribution in [2.45, 2.75) is 44.7 Å². The van der Waals surface area contributed by atoms with Crippen molar-refractivity contribution in [3.63, 3.8) is 0 Å². The Morgan fingerprint density at radius 1 is 1.42 bits per heavy atom. The minimum absolute atomic E-state index is 0.174. The number of rotatable bonds is 7. The molecule has 0 aromatic carbocycles. The minimum atomic E-state index is 0.174. The number of ether oxygens (including phenoxy) is 1. The SMILES string of the molecule is CC(CC(=O)N1CCOCC1)NC(CCO)C1CC1. The van der Waals surface area contributed by atoms with E-state index in [2.05, 4.69) is 12.2 Å². The average Bonchev–Trinajstić information content (AvgIpc) is 3.23. The molecular weight excluding hydrogens is 244 g/mol. The van der Waals surface area contributed by atoms with Crippen molar-refractivity contribution in [2.75, 3.05) is 32.9 Å². The Morgan fingerprint density at radius 3 is 2.68 bits per heavy atom. The summed E-state index contributed by atoms with van der Waals surface area (Å²) in [5.41, 5.74) is 0. The van der Waals surface area contributed by atoms with Crippen LogP contribution in [0.1, 0.15) is 32.6 Å². The molecule has 2 fully saturated rings. The Morgan fingerprint density at radius 2 is 2.11 bits per heavy atom. The van der Waals surface area contributed by atoms with E-state index in [1.54, 1.807) is 0 Å². The van der Waals surface area contributed by atoms with Crippen molar-refractivity contribution < 1.29 is 14.6 Å². The normalized spacial score (nSPS) is 23.2. The summed E-state index contributed by atoms with van der Waals surface area (Å²) >= 11 is 0. The molecule has 0 bridgehead atoms. The number of nitrogens with zero attached hydrogens (tertiary/aromatic N) is 1. The van der Waals surface area contributed by atoms with E-state index in [4.69, 9.17) is 9.84 Å². The number of nitrogens with one attached hydrogen (secondary N) is 1. The van der Waals surface area contributed by atoms with E-state index in [1.165, 1.54) is 12.8 Å². The topological polar surface area (TPSA) is 61.8 Å². The van der Waals surface area contributed by atoms with E-state index in [0.29, 0.717) is 44.7 Å². The Bertz CT molecular complexity index is 288. The Balaban J connectivity index is 1.72. The molecule has 0 aromatic heterocycles. The Hall–Kier alpha value is -0.650. The first-order valence-corrected chi connectivity index (χ1v) is 7.43. The molecule has 1 aliphatic heterocycles. The summed E-state index contributed by atoms with van der Waals surface area (Å²) in [4.78, 5) is 14.0. The molecule has 1 saturated carbocycles. The van der Waals surface area contributed by atoms with Crippen LogP contribution >= 0.6 is 0 Å². The number of carbonyl (C=O) groups is 1. The second kappa shape index (κ2) is 7.22. The predicted molar refractivity (Wildman–Crippen MR) is 72.8 cm³/mol. The van der Waals surface area contributed by atoms with Gasteiger partial charge < -0.3 is 20.1 Å². The number of amides is 1. The van der Waals surface area contributed by atoms with Gasteiger partial charge in [-0.15, -0.1) is 0 Å². The summed E-state index contributed by atoms with van der Waals surface area (Å²) in [5, 5.41) is 12.6. The van der Waals surface area contributed by atoms with Crippen LogP contribution in [0.4, 0.5) is 0 Å². The van der Waals surface area contributed by atoms with Crippen molar-refractivity contribution in [3.05, 3.63) is 0 Å². The fourth-order valence-electron chi connectivity index (χ4n) is 2.72. The fraction of sp³-hybridized carbons (Fsp3) is 0.929. The molecule has 0 radical (unpaired) electrons. The van der Waals surface area contributed by atoms with E-state index < -0.39 is 0 Å². The standard InChI is InChI=1S/C14H26N2O3/c1-11(15-13(4-7-17)12-2-3-12)10-14(18)16-5-8-19-9-6-16/h11-13,15,17H,2-10H2,1H3. The highest BCUT2D eigenvalue weighted by molar-refractivity contribution is 5.76.